The van der Waals surface area contributed by atoms with Gasteiger partial charge in [0, 0.05) is 12.6 Å². The molecule has 1 saturated carbocycles. The van der Waals surface area contributed by atoms with Gasteiger partial charge in [-0.3, -0.25) is 4.90 Å². The van der Waals surface area contributed by atoms with Gasteiger partial charge in [-0.1, -0.05) is 13.3 Å². The topological polar surface area (TPSA) is 32.5 Å². The highest BCUT2D eigenvalue weighted by molar-refractivity contribution is 4.89. The van der Waals surface area contributed by atoms with Crippen LogP contribution < -0.4 is 5.73 Å². The molecular formula is C15H31N3. The summed E-state index contributed by atoms with van der Waals surface area (Å²) in [5.41, 5.74) is 6.44. The first-order valence-electron chi connectivity index (χ1n) is 7.82. The lowest BCUT2D eigenvalue weighted by atomic mass is 9.66. The summed E-state index contributed by atoms with van der Waals surface area (Å²) in [6.07, 6.45) is 8.20. The van der Waals surface area contributed by atoms with Crippen molar-refractivity contribution in [1.29, 1.82) is 0 Å². The molecular weight excluding hydrogens is 222 g/mol. The molecule has 18 heavy (non-hydrogen) atoms. The lowest BCUT2D eigenvalue weighted by Gasteiger charge is -2.42. The zero-order chi connectivity index (χ0) is 13.0. The van der Waals surface area contributed by atoms with Crippen molar-refractivity contribution < 1.29 is 0 Å². The van der Waals surface area contributed by atoms with E-state index in [1.807, 2.05) is 0 Å². The third kappa shape index (κ3) is 3.25. The maximum atomic E-state index is 5.94. The predicted molar refractivity (Wildman–Crippen MR) is 77.7 cm³/mol. The van der Waals surface area contributed by atoms with Gasteiger partial charge in [0.15, 0.2) is 0 Å². The molecule has 1 aliphatic carbocycles. The van der Waals surface area contributed by atoms with Crippen LogP contribution in [-0.4, -0.2) is 55.6 Å². The van der Waals surface area contributed by atoms with Crippen LogP contribution in [0.1, 0.15) is 45.4 Å². The Hall–Kier alpha value is -0.120. The average molecular weight is 253 g/mol. The number of likely N-dealkylation sites (tertiary alicyclic amines) is 1. The third-order valence-electron chi connectivity index (χ3n) is 5.30. The van der Waals surface area contributed by atoms with Crippen molar-refractivity contribution in [2.45, 2.75) is 51.5 Å². The highest BCUT2D eigenvalue weighted by Crippen LogP contribution is 2.42. The van der Waals surface area contributed by atoms with Gasteiger partial charge in [0.05, 0.1) is 0 Å². The van der Waals surface area contributed by atoms with Crippen molar-refractivity contribution in [2.75, 3.05) is 39.8 Å². The summed E-state index contributed by atoms with van der Waals surface area (Å²) in [5, 5.41) is 0. The zero-order valence-electron chi connectivity index (χ0n) is 12.3. The molecule has 1 unspecified atom stereocenters. The van der Waals surface area contributed by atoms with Gasteiger partial charge < -0.3 is 10.6 Å². The molecule has 1 heterocycles. The number of rotatable bonds is 7. The smallest absolute Gasteiger partial charge is 0.0223 e. The molecule has 106 valence electrons. The van der Waals surface area contributed by atoms with Crippen molar-refractivity contribution in [3.05, 3.63) is 0 Å². The van der Waals surface area contributed by atoms with Crippen molar-refractivity contribution in [1.82, 2.24) is 9.80 Å². The first kappa shape index (κ1) is 14.3. The molecule has 1 atom stereocenters. The molecule has 0 spiro atoms. The third-order valence-corrected chi connectivity index (χ3v) is 5.30. The molecule has 2 rings (SSSR count). The molecule has 0 aromatic carbocycles. The number of likely N-dealkylation sites (N-methyl/N-ethyl adjacent to an activating group) is 2. The lowest BCUT2D eigenvalue weighted by molar-refractivity contribution is 0.104. The van der Waals surface area contributed by atoms with E-state index in [0.717, 1.165) is 12.6 Å². The highest BCUT2D eigenvalue weighted by Gasteiger charge is 2.35. The van der Waals surface area contributed by atoms with Crippen LogP contribution in [0.5, 0.6) is 0 Å². The summed E-state index contributed by atoms with van der Waals surface area (Å²) < 4.78 is 0. The number of nitrogens with two attached hydrogens (primary N) is 1. The number of hydrogen-bond acceptors (Lipinski definition) is 3. The fourth-order valence-electron chi connectivity index (χ4n) is 3.63. The average Bonchev–Trinajstić information content (AvgIpc) is 2.75. The quantitative estimate of drug-likeness (QED) is 0.752. The standard InChI is InChI=1S/C15H31N3/c1-3-18-10-4-6-14(18)12-17(2)11-9-15(13-16)7-5-8-15/h14H,3-13,16H2,1-2H3. The zero-order valence-corrected chi connectivity index (χ0v) is 12.3. The van der Waals surface area contributed by atoms with E-state index in [1.165, 1.54) is 64.7 Å². The van der Waals surface area contributed by atoms with Gasteiger partial charge in [0.2, 0.25) is 0 Å². The van der Waals surface area contributed by atoms with Crippen LogP contribution in [-0.2, 0) is 0 Å². The summed E-state index contributed by atoms with van der Waals surface area (Å²) in [6.45, 7) is 8.17. The van der Waals surface area contributed by atoms with E-state index in [9.17, 15) is 0 Å². The Morgan fingerprint density at radius 1 is 1.33 bits per heavy atom. The van der Waals surface area contributed by atoms with Gasteiger partial charge >= 0.3 is 0 Å². The number of nitrogens with zero attached hydrogens (tertiary/aromatic N) is 2. The lowest BCUT2D eigenvalue weighted by Crippen LogP contribution is -2.43. The predicted octanol–water partition coefficient (Wildman–Crippen LogP) is 1.92. The molecule has 0 bridgehead atoms. The van der Waals surface area contributed by atoms with Gasteiger partial charge in [-0.2, -0.15) is 0 Å². The van der Waals surface area contributed by atoms with E-state index in [-0.39, 0.29) is 0 Å². The van der Waals surface area contributed by atoms with E-state index >= 15 is 0 Å². The minimum atomic E-state index is 0.508. The molecule has 0 aromatic heterocycles. The minimum Gasteiger partial charge on any atom is -0.330 e. The van der Waals surface area contributed by atoms with Crippen molar-refractivity contribution in [3.8, 4) is 0 Å². The molecule has 3 heteroatoms. The van der Waals surface area contributed by atoms with Crippen LogP contribution in [0.15, 0.2) is 0 Å². The molecule has 2 N–H and O–H groups in total. The van der Waals surface area contributed by atoms with Crippen molar-refractivity contribution >= 4 is 0 Å². The van der Waals surface area contributed by atoms with Gasteiger partial charge in [-0.25, -0.2) is 0 Å². The normalized spacial score (nSPS) is 27.7. The second kappa shape index (κ2) is 6.36. The van der Waals surface area contributed by atoms with Crippen LogP contribution >= 0.6 is 0 Å². The molecule has 0 aromatic rings. The monoisotopic (exact) mass is 253 g/mol. The fourth-order valence-corrected chi connectivity index (χ4v) is 3.63. The summed E-state index contributed by atoms with van der Waals surface area (Å²) in [5.74, 6) is 0. The maximum absolute atomic E-state index is 5.94. The summed E-state index contributed by atoms with van der Waals surface area (Å²) in [4.78, 5) is 5.17. The van der Waals surface area contributed by atoms with Gasteiger partial charge in [0.1, 0.15) is 0 Å². The Morgan fingerprint density at radius 2 is 2.11 bits per heavy atom. The van der Waals surface area contributed by atoms with E-state index in [0.29, 0.717) is 5.41 Å². The SMILES string of the molecule is CCN1CCCC1CN(C)CCC1(CN)CCC1. The van der Waals surface area contributed by atoms with E-state index in [4.69, 9.17) is 5.73 Å². The molecule has 2 fully saturated rings. The largest absolute Gasteiger partial charge is 0.330 e. The van der Waals surface area contributed by atoms with Gasteiger partial charge in [-0.05, 0) is 70.7 Å². The van der Waals surface area contributed by atoms with Crippen LogP contribution in [0.25, 0.3) is 0 Å². The van der Waals surface area contributed by atoms with Crippen molar-refractivity contribution in [3.63, 3.8) is 0 Å². The number of hydrogen-bond donors (Lipinski definition) is 1. The van der Waals surface area contributed by atoms with Crippen LogP contribution in [0.3, 0.4) is 0 Å². The Balaban J connectivity index is 1.70. The molecule has 1 aliphatic heterocycles. The highest BCUT2D eigenvalue weighted by atomic mass is 15.2. The maximum Gasteiger partial charge on any atom is 0.0223 e. The Bertz CT molecular complexity index is 245. The van der Waals surface area contributed by atoms with Crippen LogP contribution in [0.4, 0.5) is 0 Å². The van der Waals surface area contributed by atoms with Crippen molar-refractivity contribution in [2.24, 2.45) is 11.1 Å². The summed E-state index contributed by atoms with van der Waals surface area (Å²) in [7, 11) is 2.29. The molecule has 1 saturated heterocycles. The Kier molecular flexibility index (Phi) is 5.05. The molecule has 0 radical (unpaired) electrons. The van der Waals surface area contributed by atoms with E-state index < -0.39 is 0 Å². The summed E-state index contributed by atoms with van der Waals surface area (Å²) in [6, 6.07) is 0.801. The van der Waals surface area contributed by atoms with Crippen LogP contribution in [0, 0.1) is 5.41 Å². The van der Waals surface area contributed by atoms with Gasteiger partial charge in [0.25, 0.3) is 0 Å². The van der Waals surface area contributed by atoms with Gasteiger partial charge in [-0.15, -0.1) is 0 Å². The first-order chi connectivity index (χ1) is 8.69. The second-order valence-corrected chi connectivity index (χ2v) is 6.49. The molecule has 3 nitrogen and oxygen atoms in total. The minimum absolute atomic E-state index is 0.508. The van der Waals surface area contributed by atoms with E-state index in [2.05, 4.69) is 23.8 Å². The Labute approximate surface area is 113 Å². The summed E-state index contributed by atoms with van der Waals surface area (Å²) >= 11 is 0. The van der Waals surface area contributed by atoms with Crippen LogP contribution in [0.2, 0.25) is 0 Å². The fraction of sp³-hybridized carbons (Fsp3) is 1.00. The second-order valence-electron chi connectivity index (χ2n) is 6.49. The first-order valence-corrected chi connectivity index (χ1v) is 7.82. The van der Waals surface area contributed by atoms with E-state index in [1.54, 1.807) is 0 Å². The molecule has 2 aliphatic rings. The Morgan fingerprint density at radius 3 is 2.67 bits per heavy atom. The molecule has 0 amide bonds.